The van der Waals surface area contributed by atoms with Crippen molar-refractivity contribution in [3.63, 3.8) is 0 Å². The van der Waals surface area contributed by atoms with Gasteiger partial charge >= 0.3 is 0 Å². The van der Waals surface area contributed by atoms with Gasteiger partial charge in [0.25, 0.3) is 0 Å². The molecule has 2 nitrogen and oxygen atoms in total. The van der Waals surface area contributed by atoms with Gasteiger partial charge in [-0.3, -0.25) is 0 Å². The van der Waals surface area contributed by atoms with Crippen LogP contribution >= 0.6 is 0 Å². The highest BCUT2D eigenvalue weighted by Crippen LogP contribution is 2.03. The minimum absolute atomic E-state index is 0. The van der Waals surface area contributed by atoms with Gasteiger partial charge in [0.15, 0.2) is 0 Å². The molecular formula is C8H24Br2N2. The van der Waals surface area contributed by atoms with Crippen molar-refractivity contribution in [2.45, 2.75) is 45.4 Å². The van der Waals surface area contributed by atoms with Crippen LogP contribution in [-0.4, -0.2) is 6.54 Å². The average molecular weight is 308 g/mol. The Bertz CT molecular complexity index is 48.3. The first-order valence-electron chi connectivity index (χ1n) is 4.21. The van der Waals surface area contributed by atoms with E-state index in [2.05, 4.69) is 12.7 Å². The van der Waals surface area contributed by atoms with Gasteiger partial charge in [-0.05, 0) is 12.8 Å². The van der Waals surface area contributed by atoms with Crippen LogP contribution in [0.2, 0.25) is 0 Å². The van der Waals surface area contributed by atoms with Crippen molar-refractivity contribution in [2.24, 2.45) is 0 Å². The lowest BCUT2D eigenvalue weighted by Crippen LogP contribution is -3.00. The van der Waals surface area contributed by atoms with Crippen molar-refractivity contribution in [3.8, 4) is 0 Å². The standard InChI is InChI=1S/C8H19N.2BrH.H3N/c1-2-3-4-5-6-7-8-9;;;/h2-9H2,1H3;2*1H;1H3. The van der Waals surface area contributed by atoms with Crippen molar-refractivity contribution in [2.75, 3.05) is 6.54 Å². The van der Waals surface area contributed by atoms with Gasteiger partial charge in [-0.15, -0.1) is 0 Å². The summed E-state index contributed by atoms with van der Waals surface area (Å²) in [6.07, 6.45) is 8.33. The van der Waals surface area contributed by atoms with Crippen LogP contribution < -0.4 is 45.8 Å². The molecule has 0 aliphatic carbocycles. The highest BCUT2D eigenvalue weighted by atomic mass is 79.9. The Hall–Kier alpha value is 0.880. The van der Waals surface area contributed by atoms with E-state index in [9.17, 15) is 0 Å². The second-order valence-corrected chi connectivity index (χ2v) is 2.62. The van der Waals surface area contributed by atoms with Gasteiger partial charge in [0.2, 0.25) is 0 Å². The number of unbranched alkanes of at least 4 members (excludes halogenated alkanes) is 5. The Balaban J connectivity index is -0.000000107. The lowest BCUT2D eigenvalue weighted by atomic mass is 10.1. The molecular weight excluding hydrogens is 284 g/mol. The van der Waals surface area contributed by atoms with E-state index in [4.69, 9.17) is 0 Å². The monoisotopic (exact) mass is 306 g/mol. The van der Waals surface area contributed by atoms with E-state index >= 15 is 0 Å². The highest BCUT2D eigenvalue weighted by Gasteiger charge is 1.87. The Labute approximate surface area is 97.8 Å². The molecule has 0 spiro atoms. The van der Waals surface area contributed by atoms with E-state index in [0.717, 1.165) is 6.54 Å². The molecule has 0 aliphatic rings. The number of hydrogen-bond donors (Lipinski definition) is 2. The summed E-state index contributed by atoms with van der Waals surface area (Å²) < 4.78 is 0. The number of rotatable bonds is 6. The zero-order valence-electron chi connectivity index (χ0n) is 8.41. The van der Waals surface area contributed by atoms with E-state index in [0.29, 0.717) is 0 Å². The van der Waals surface area contributed by atoms with Crippen LogP contribution in [0.4, 0.5) is 0 Å². The van der Waals surface area contributed by atoms with Gasteiger partial charge in [-0.25, -0.2) is 0 Å². The molecule has 0 rings (SSSR count). The normalized spacial score (nSPS) is 7.50. The van der Waals surface area contributed by atoms with E-state index < -0.39 is 0 Å². The third-order valence-electron chi connectivity index (χ3n) is 1.60. The first-order chi connectivity index (χ1) is 4.41. The number of quaternary nitrogens is 2. The Morgan fingerprint density at radius 2 is 1.25 bits per heavy atom. The summed E-state index contributed by atoms with van der Waals surface area (Å²) in [4.78, 5) is 0. The molecule has 0 amide bonds. The Morgan fingerprint density at radius 3 is 1.67 bits per heavy atom. The van der Waals surface area contributed by atoms with Crippen LogP contribution in [0.1, 0.15) is 45.4 Å². The molecule has 0 saturated carbocycles. The maximum atomic E-state index is 3.80. The topological polar surface area (TPSA) is 64.1 Å². The van der Waals surface area contributed by atoms with E-state index in [1.165, 1.54) is 38.5 Å². The van der Waals surface area contributed by atoms with Crippen LogP contribution in [-0.2, 0) is 0 Å². The fourth-order valence-corrected chi connectivity index (χ4v) is 0.957. The molecule has 0 fully saturated rings. The fourth-order valence-electron chi connectivity index (χ4n) is 0.957. The van der Waals surface area contributed by atoms with Gasteiger partial charge in [0, 0.05) is 0 Å². The van der Waals surface area contributed by atoms with Gasteiger partial charge in [0.1, 0.15) is 0 Å². The van der Waals surface area contributed by atoms with Crippen LogP contribution in [0.25, 0.3) is 0 Å². The summed E-state index contributed by atoms with van der Waals surface area (Å²) in [6, 6.07) is 0. The third kappa shape index (κ3) is 22.4. The molecule has 12 heavy (non-hydrogen) atoms. The van der Waals surface area contributed by atoms with Crippen LogP contribution in [0, 0.1) is 0 Å². The molecule has 0 saturated heterocycles. The molecule has 4 heteroatoms. The quantitative estimate of drug-likeness (QED) is 0.470. The first kappa shape index (κ1) is 23.1. The molecule has 0 aliphatic heterocycles. The largest absolute Gasteiger partial charge is 1.00 e. The third-order valence-corrected chi connectivity index (χ3v) is 1.60. The summed E-state index contributed by atoms with van der Waals surface area (Å²) in [5.74, 6) is 0. The second-order valence-electron chi connectivity index (χ2n) is 2.62. The summed E-state index contributed by atoms with van der Waals surface area (Å²) in [6.45, 7) is 3.37. The van der Waals surface area contributed by atoms with Gasteiger partial charge in [-0.1, -0.05) is 32.6 Å². The zero-order valence-corrected chi connectivity index (χ0v) is 11.6. The maximum absolute atomic E-state index is 3.80. The second kappa shape index (κ2) is 22.6. The van der Waals surface area contributed by atoms with Crippen LogP contribution in [0.15, 0.2) is 0 Å². The molecule has 80 valence electrons. The van der Waals surface area contributed by atoms with Gasteiger partial charge < -0.3 is 45.8 Å². The minimum atomic E-state index is 0. The summed E-state index contributed by atoms with van der Waals surface area (Å²) >= 11 is 0. The van der Waals surface area contributed by atoms with Crippen molar-refractivity contribution < 1.29 is 39.7 Å². The fraction of sp³-hybridized carbons (Fsp3) is 1.00. The molecule has 0 unspecified atom stereocenters. The Morgan fingerprint density at radius 1 is 0.833 bits per heavy atom. The smallest absolute Gasteiger partial charge is 0.0739 e. The summed E-state index contributed by atoms with van der Waals surface area (Å²) in [5, 5.41) is 0. The van der Waals surface area contributed by atoms with Crippen LogP contribution in [0.5, 0.6) is 0 Å². The van der Waals surface area contributed by atoms with Crippen molar-refractivity contribution in [3.05, 3.63) is 0 Å². The molecule has 7 N–H and O–H groups in total. The SMILES string of the molecule is CCCCCCCC[NH3+].[Br-].[Br-].[NH4+]. The van der Waals surface area contributed by atoms with Crippen LogP contribution in [0.3, 0.4) is 0 Å². The van der Waals surface area contributed by atoms with Crippen molar-refractivity contribution in [1.82, 2.24) is 6.15 Å². The zero-order chi connectivity index (χ0) is 6.95. The maximum Gasteiger partial charge on any atom is 0.0739 e. The molecule has 0 radical (unpaired) electrons. The number of hydrogen-bond acceptors (Lipinski definition) is 0. The summed E-state index contributed by atoms with van der Waals surface area (Å²) in [5.41, 5.74) is 3.80. The lowest BCUT2D eigenvalue weighted by Gasteiger charge is -1.95. The first-order valence-corrected chi connectivity index (χ1v) is 4.21. The number of halogens is 2. The minimum Gasteiger partial charge on any atom is -1.00 e. The molecule has 0 aromatic rings. The van der Waals surface area contributed by atoms with Gasteiger partial charge in [0.05, 0.1) is 6.54 Å². The predicted molar refractivity (Wildman–Crippen MR) is 47.1 cm³/mol. The van der Waals surface area contributed by atoms with Gasteiger partial charge in [-0.2, -0.15) is 0 Å². The van der Waals surface area contributed by atoms with E-state index in [-0.39, 0.29) is 40.1 Å². The molecule has 0 heterocycles. The van der Waals surface area contributed by atoms with E-state index in [1.54, 1.807) is 0 Å². The van der Waals surface area contributed by atoms with E-state index in [1.807, 2.05) is 0 Å². The molecule has 0 atom stereocenters. The van der Waals surface area contributed by atoms with Crippen molar-refractivity contribution >= 4 is 0 Å². The summed E-state index contributed by atoms with van der Waals surface area (Å²) in [7, 11) is 0. The van der Waals surface area contributed by atoms with Crippen molar-refractivity contribution in [1.29, 1.82) is 0 Å². The molecule has 0 bridgehead atoms. The lowest BCUT2D eigenvalue weighted by molar-refractivity contribution is -0.368. The molecule has 0 aromatic carbocycles. The average Bonchev–Trinajstić information content (AvgIpc) is 1.89. The molecule has 0 aromatic heterocycles. The Kier molecular flexibility index (Phi) is 43.5. The highest BCUT2D eigenvalue weighted by molar-refractivity contribution is 4.41. The predicted octanol–water partition coefficient (Wildman–Crippen LogP) is -4.03.